The number of fused-ring (bicyclic) bond motifs is 1. The lowest BCUT2D eigenvalue weighted by Gasteiger charge is -1.93. The maximum Gasteiger partial charge on any atom is 0.168 e. The summed E-state index contributed by atoms with van der Waals surface area (Å²) in [5.41, 5.74) is 3.11. The Morgan fingerprint density at radius 2 is 2.17 bits per heavy atom. The van der Waals surface area contributed by atoms with Gasteiger partial charge in [0.1, 0.15) is 0 Å². The molecule has 4 heteroatoms. The summed E-state index contributed by atoms with van der Waals surface area (Å²) < 4.78 is 2.96. The molecule has 0 unspecified atom stereocenters. The summed E-state index contributed by atoms with van der Waals surface area (Å²) in [4.78, 5) is 4.29. The lowest BCUT2D eigenvalue weighted by molar-refractivity contribution is 0.907. The first-order valence-corrected chi connectivity index (χ1v) is 4.73. The lowest BCUT2D eigenvalue weighted by Crippen LogP contribution is -1.90. The van der Waals surface area contributed by atoms with Gasteiger partial charge in [-0.15, -0.1) is 0 Å². The Balaban J connectivity index is 2.87. The molecule has 0 aliphatic rings. The Hall–Kier alpha value is -0.650. The Kier molecular flexibility index (Phi) is 1.79. The molecule has 2 aromatic heterocycles. The molecule has 0 saturated carbocycles. The number of hydrogen-bond donors (Lipinski definition) is 0. The van der Waals surface area contributed by atoms with Crippen molar-refractivity contribution in [1.82, 2.24) is 14.6 Å². The first-order chi connectivity index (χ1) is 5.68. The fourth-order valence-electron chi connectivity index (χ4n) is 1.11. The maximum atomic E-state index is 4.32. The molecular weight excluding hydrogens is 265 g/mol. The molecule has 62 valence electrons. The van der Waals surface area contributed by atoms with Crippen LogP contribution in [0.2, 0.25) is 0 Å². The van der Waals surface area contributed by atoms with Crippen molar-refractivity contribution in [3.8, 4) is 0 Å². The molecule has 2 rings (SSSR count). The largest absolute Gasteiger partial charge is 0.236 e. The second-order valence-electron chi connectivity index (χ2n) is 2.80. The maximum absolute atomic E-state index is 4.32. The van der Waals surface area contributed by atoms with E-state index in [2.05, 4.69) is 32.7 Å². The van der Waals surface area contributed by atoms with Crippen molar-refractivity contribution in [2.75, 3.05) is 0 Å². The molecule has 0 amide bonds. The molecule has 0 N–H and O–H groups in total. The smallest absolute Gasteiger partial charge is 0.168 e. The summed E-state index contributed by atoms with van der Waals surface area (Å²) in [7, 11) is 0. The van der Waals surface area contributed by atoms with Gasteiger partial charge < -0.3 is 0 Å². The molecule has 0 saturated heterocycles. The van der Waals surface area contributed by atoms with Crippen LogP contribution in [0.15, 0.2) is 12.4 Å². The summed E-state index contributed by atoms with van der Waals surface area (Å²) in [6, 6.07) is 0. The number of rotatable bonds is 0. The summed E-state index contributed by atoms with van der Waals surface area (Å²) >= 11 is 2.26. The highest BCUT2D eigenvalue weighted by Crippen LogP contribution is 2.15. The standard InChI is InChI=1S/C8H8IN3/c1-5-3-10-8-7(9)6(2)11-12(8)4-5/h3-4H,1-2H3. The van der Waals surface area contributed by atoms with Gasteiger partial charge in [-0.25, -0.2) is 9.50 Å². The zero-order chi connectivity index (χ0) is 8.72. The average Bonchev–Trinajstić information content (AvgIpc) is 2.28. The van der Waals surface area contributed by atoms with E-state index in [1.807, 2.05) is 30.8 Å². The molecule has 0 atom stereocenters. The van der Waals surface area contributed by atoms with E-state index in [9.17, 15) is 0 Å². The van der Waals surface area contributed by atoms with Crippen LogP contribution in [0.4, 0.5) is 0 Å². The SMILES string of the molecule is Cc1cnc2c(I)c(C)nn2c1. The van der Waals surface area contributed by atoms with E-state index in [1.54, 1.807) is 0 Å². The second kappa shape index (κ2) is 2.69. The molecule has 0 spiro atoms. The first-order valence-electron chi connectivity index (χ1n) is 3.65. The molecular formula is C8H8IN3. The van der Waals surface area contributed by atoms with Gasteiger partial charge in [-0.3, -0.25) is 0 Å². The van der Waals surface area contributed by atoms with E-state index < -0.39 is 0 Å². The first kappa shape index (κ1) is 7.97. The monoisotopic (exact) mass is 273 g/mol. The van der Waals surface area contributed by atoms with E-state index >= 15 is 0 Å². The van der Waals surface area contributed by atoms with Crippen LogP contribution in [-0.4, -0.2) is 14.6 Å². The number of hydrogen-bond acceptors (Lipinski definition) is 2. The van der Waals surface area contributed by atoms with Gasteiger partial charge in [0.2, 0.25) is 0 Å². The van der Waals surface area contributed by atoms with Crippen LogP contribution in [0, 0.1) is 17.4 Å². The molecule has 0 radical (unpaired) electrons. The zero-order valence-corrected chi connectivity index (χ0v) is 9.03. The summed E-state index contributed by atoms with van der Waals surface area (Å²) in [6.07, 6.45) is 3.84. The van der Waals surface area contributed by atoms with Crippen molar-refractivity contribution in [2.45, 2.75) is 13.8 Å². The molecule has 0 fully saturated rings. The predicted octanol–water partition coefficient (Wildman–Crippen LogP) is 1.95. The van der Waals surface area contributed by atoms with E-state index in [4.69, 9.17) is 0 Å². The Labute approximate surface area is 83.9 Å². The van der Waals surface area contributed by atoms with Crippen LogP contribution >= 0.6 is 22.6 Å². The lowest BCUT2D eigenvalue weighted by atomic mass is 10.4. The number of nitrogens with zero attached hydrogens (tertiary/aromatic N) is 3. The predicted molar refractivity (Wildman–Crippen MR) is 55.2 cm³/mol. The average molecular weight is 273 g/mol. The molecule has 3 nitrogen and oxygen atoms in total. The van der Waals surface area contributed by atoms with Crippen molar-refractivity contribution in [3.05, 3.63) is 27.2 Å². The van der Waals surface area contributed by atoms with Crippen LogP contribution in [-0.2, 0) is 0 Å². The highest BCUT2D eigenvalue weighted by molar-refractivity contribution is 14.1. The topological polar surface area (TPSA) is 30.2 Å². The number of halogens is 1. The highest BCUT2D eigenvalue weighted by atomic mass is 127. The van der Waals surface area contributed by atoms with Crippen molar-refractivity contribution in [3.63, 3.8) is 0 Å². The van der Waals surface area contributed by atoms with Gasteiger partial charge >= 0.3 is 0 Å². The normalized spacial score (nSPS) is 10.9. The van der Waals surface area contributed by atoms with Crippen molar-refractivity contribution in [2.24, 2.45) is 0 Å². The molecule has 2 aromatic rings. The van der Waals surface area contributed by atoms with Crippen LogP contribution in [0.5, 0.6) is 0 Å². The minimum Gasteiger partial charge on any atom is -0.236 e. The van der Waals surface area contributed by atoms with Gasteiger partial charge in [-0.1, -0.05) is 0 Å². The molecule has 12 heavy (non-hydrogen) atoms. The van der Waals surface area contributed by atoms with Gasteiger partial charge in [-0.2, -0.15) is 5.10 Å². The second-order valence-corrected chi connectivity index (χ2v) is 3.88. The van der Waals surface area contributed by atoms with Crippen LogP contribution in [0.25, 0.3) is 5.65 Å². The van der Waals surface area contributed by atoms with Gasteiger partial charge in [0.25, 0.3) is 0 Å². The molecule has 0 aliphatic carbocycles. The Morgan fingerprint density at radius 3 is 2.92 bits per heavy atom. The summed E-state index contributed by atoms with van der Waals surface area (Å²) in [5, 5.41) is 4.32. The van der Waals surface area contributed by atoms with Crippen molar-refractivity contribution < 1.29 is 0 Å². The van der Waals surface area contributed by atoms with E-state index in [0.717, 1.165) is 20.5 Å². The molecule has 0 aromatic carbocycles. The third-order valence-electron chi connectivity index (χ3n) is 1.71. The van der Waals surface area contributed by atoms with E-state index in [0.29, 0.717) is 0 Å². The Bertz CT molecular complexity index is 433. The highest BCUT2D eigenvalue weighted by Gasteiger charge is 2.05. The van der Waals surface area contributed by atoms with E-state index in [1.165, 1.54) is 0 Å². The minimum absolute atomic E-state index is 0.943. The Morgan fingerprint density at radius 1 is 1.42 bits per heavy atom. The van der Waals surface area contributed by atoms with Crippen LogP contribution in [0.3, 0.4) is 0 Å². The fourth-order valence-corrected chi connectivity index (χ4v) is 1.60. The van der Waals surface area contributed by atoms with Crippen molar-refractivity contribution in [1.29, 1.82) is 0 Å². The number of aryl methyl sites for hydroxylation is 2. The molecule has 0 aliphatic heterocycles. The quantitative estimate of drug-likeness (QED) is 0.687. The summed E-state index contributed by atoms with van der Waals surface area (Å²) in [5.74, 6) is 0. The van der Waals surface area contributed by atoms with Crippen LogP contribution < -0.4 is 0 Å². The third-order valence-corrected chi connectivity index (χ3v) is 2.97. The fraction of sp³-hybridized carbons (Fsp3) is 0.250. The molecule has 0 bridgehead atoms. The van der Waals surface area contributed by atoms with Gasteiger partial charge in [-0.05, 0) is 42.0 Å². The zero-order valence-electron chi connectivity index (χ0n) is 6.87. The van der Waals surface area contributed by atoms with Crippen LogP contribution in [0.1, 0.15) is 11.3 Å². The van der Waals surface area contributed by atoms with Gasteiger partial charge in [0.05, 0.1) is 9.26 Å². The third kappa shape index (κ3) is 1.10. The minimum atomic E-state index is 0.943. The summed E-state index contributed by atoms with van der Waals surface area (Å²) in [6.45, 7) is 4.00. The number of aromatic nitrogens is 3. The molecule has 2 heterocycles. The van der Waals surface area contributed by atoms with E-state index in [-0.39, 0.29) is 0 Å². The van der Waals surface area contributed by atoms with Gasteiger partial charge in [0, 0.05) is 12.4 Å². The van der Waals surface area contributed by atoms with Gasteiger partial charge in [0.15, 0.2) is 5.65 Å². The van der Waals surface area contributed by atoms with Crippen molar-refractivity contribution >= 4 is 28.2 Å².